The second-order valence-corrected chi connectivity index (χ2v) is 7.71. The predicted octanol–water partition coefficient (Wildman–Crippen LogP) is 3.88. The van der Waals surface area contributed by atoms with Crippen LogP contribution in [-0.2, 0) is 28.0 Å². The molecular formula is C24H27NO4. The number of carboxylic acids is 2. The van der Waals surface area contributed by atoms with E-state index >= 15 is 0 Å². The number of nitrogens with zero attached hydrogens (tertiary/aromatic N) is 1. The number of carbonyl (C=O) groups is 2. The highest BCUT2D eigenvalue weighted by atomic mass is 16.4. The predicted molar refractivity (Wildman–Crippen MR) is 112 cm³/mol. The number of aliphatic carboxylic acids is 2. The highest BCUT2D eigenvalue weighted by Crippen LogP contribution is 2.46. The minimum atomic E-state index is -1.26. The molecule has 0 unspecified atom stereocenters. The normalized spacial score (nSPS) is 17.5. The molecule has 0 aromatic heterocycles. The van der Waals surface area contributed by atoms with Crippen LogP contribution in [-0.4, -0.2) is 40.1 Å². The van der Waals surface area contributed by atoms with Crippen LogP contribution in [0.3, 0.4) is 0 Å². The molecule has 0 amide bonds. The van der Waals surface area contributed by atoms with Gasteiger partial charge in [0.05, 0.1) is 0 Å². The number of rotatable bonds is 4. The molecule has 0 atom stereocenters. The summed E-state index contributed by atoms with van der Waals surface area (Å²) in [6, 6.07) is 20.0. The van der Waals surface area contributed by atoms with E-state index in [1.54, 1.807) is 11.1 Å². The number of hydrogen-bond acceptors (Lipinski definition) is 3. The number of aryl methyl sites for hydroxylation is 1. The van der Waals surface area contributed by atoms with Gasteiger partial charge in [-0.15, -0.1) is 0 Å². The zero-order valence-electron chi connectivity index (χ0n) is 16.5. The first kappa shape index (κ1) is 20.8. The summed E-state index contributed by atoms with van der Waals surface area (Å²) in [6.45, 7) is 3.59. The first-order valence-corrected chi connectivity index (χ1v) is 9.97. The van der Waals surface area contributed by atoms with Crippen molar-refractivity contribution in [1.29, 1.82) is 0 Å². The maximum absolute atomic E-state index is 9.55. The van der Waals surface area contributed by atoms with Gasteiger partial charge >= 0.3 is 11.9 Å². The number of fused-ring (bicyclic) bond motifs is 2. The molecule has 1 saturated heterocycles. The summed E-state index contributed by atoms with van der Waals surface area (Å²) >= 11 is 0. The van der Waals surface area contributed by atoms with E-state index in [2.05, 4.69) is 59.5 Å². The minimum absolute atomic E-state index is 0.490. The van der Waals surface area contributed by atoms with Crippen molar-refractivity contribution in [2.24, 2.45) is 0 Å². The summed E-state index contributed by atoms with van der Waals surface area (Å²) in [6.07, 6.45) is 6.43. The van der Waals surface area contributed by atoms with Gasteiger partial charge in [0.15, 0.2) is 0 Å². The van der Waals surface area contributed by atoms with Crippen molar-refractivity contribution < 1.29 is 19.8 Å². The van der Waals surface area contributed by atoms with Gasteiger partial charge in [-0.2, -0.15) is 0 Å². The average molecular weight is 393 g/mol. The Balaban J connectivity index is 0.000000258. The lowest BCUT2D eigenvalue weighted by Gasteiger charge is -2.40. The van der Waals surface area contributed by atoms with Gasteiger partial charge in [0.1, 0.15) is 0 Å². The van der Waals surface area contributed by atoms with Gasteiger partial charge in [0.2, 0.25) is 0 Å². The topological polar surface area (TPSA) is 77.8 Å². The first-order valence-electron chi connectivity index (χ1n) is 9.97. The standard InChI is InChI=1S/C20H23N.C4H4O4/c1-2-6-17(7-3-1)16-21-14-12-20(13-15-21)11-10-18-8-4-5-9-19(18)20;5-3(6)1-2-4(7)8/h1-9H,10-16H2;1-2H,(H,5,6)(H,7,8). The molecule has 1 spiro atoms. The molecule has 0 bridgehead atoms. The van der Waals surface area contributed by atoms with Crippen molar-refractivity contribution >= 4 is 11.9 Å². The lowest BCUT2D eigenvalue weighted by molar-refractivity contribution is -0.134. The molecule has 2 aliphatic rings. The molecule has 1 aliphatic heterocycles. The van der Waals surface area contributed by atoms with Crippen molar-refractivity contribution in [3.63, 3.8) is 0 Å². The molecule has 5 heteroatoms. The minimum Gasteiger partial charge on any atom is -0.478 e. The zero-order chi connectivity index (χ0) is 20.7. The van der Waals surface area contributed by atoms with E-state index in [0.717, 1.165) is 6.54 Å². The third kappa shape index (κ3) is 5.55. The average Bonchev–Trinajstić information content (AvgIpc) is 3.08. The largest absolute Gasteiger partial charge is 0.478 e. The van der Waals surface area contributed by atoms with Gasteiger partial charge in [0.25, 0.3) is 0 Å². The Morgan fingerprint density at radius 2 is 1.45 bits per heavy atom. The molecule has 5 nitrogen and oxygen atoms in total. The Bertz CT molecular complexity index is 851. The number of piperidine rings is 1. The Morgan fingerprint density at radius 3 is 2.07 bits per heavy atom. The van der Waals surface area contributed by atoms with E-state index in [-0.39, 0.29) is 0 Å². The molecule has 1 heterocycles. The van der Waals surface area contributed by atoms with Gasteiger partial charge in [-0.05, 0) is 60.9 Å². The molecule has 1 fully saturated rings. The van der Waals surface area contributed by atoms with Crippen LogP contribution in [0.25, 0.3) is 0 Å². The van der Waals surface area contributed by atoms with Crippen LogP contribution in [0.15, 0.2) is 66.7 Å². The highest BCUT2D eigenvalue weighted by Gasteiger charge is 2.40. The summed E-state index contributed by atoms with van der Waals surface area (Å²) in [4.78, 5) is 21.7. The molecule has 29 heavy (non-hydrogen) atoms. The molecule has 2 aromatic rings. The molecular weight excluding hydrogens is 366 g/mol. The maximum atomic E-state index is 9.55. The fraction of sp³-hybridized carbons (Fsp3) is 0.333. The van der Waals surface area contributed by atoms with Crippen LogP contribution in [0, 0.1) is 0 Å². The third-order valence-electron chi connectivity index (χ3n) is 5.89. The number of hydrogen-bond donors (Lipinski definition) is 2. The number of likely N-dealkylation sites (tertiary alicyclic amines) is 1. The lowest BCUT2D eigenvalue weighted by atomic mass is 9.74. The second-order valence-electron chi connectivity index (χ2n) is 7.71. The van der Waals surface area contributed by atoms with Gasteiger partial charge < -0.3 is 10.2 Å². The fourth-order valence-electron chi connectivity index (χ4n) is 4.41. The van der Waals surface area contributed by atoms with Gasteiger partial charge in [-0.3, -0.25) is 4.90 Å². The summed E-state index contributed by atoms with van der Waals surface area (Å²) in [7, 11) is 0. The monoisotopic (exact) mass is 393 g/mol. The number of carboxylic acid groups (broad SMARTS) is 2. The Labute approximate surface area is 171 Å². The van der Waals surface area contributed by atoms with Crippen LogP contribution < -0.4 is 0 Å². The van der Waals surface area contributed by atoms with E-state index in [0.29, 0.717) is 17.6 Å². The molecule has 152 valence electrons. The van der Waals surface area contributed by atoms with Crippen molar-refractivity contribution in [3.05, 3.63) is 83.4 Å². The molecule has 2 N–H and O–H groups in total. The molecule has 4 rings (SSSR count). The van der Waals surface area contributed by atoms with Crippen LogP contribution in [0.5, 0.6) is 0 Å². The van der Waals surface area contributed by atoms with Gasteiger partial charge in [0, 0.05) is 18.7 Å². The second kappa shape index (κ2) is 9.52. The SMILES string of the molecule is O=C(O)C=CC(=O)O.c1ccc(CN2CCC3(CCc4ccccc43)CC2)cc1. The number of benzene rings is 2. The van der Waals surface area contributed by atoms with E-state index in [1.165, 1.54) is 44.3 Å². The molecule has 0 radical (unpaired) electrons. The van der Waals surface area contributed by atoms with E-state index < -0.39 is 11.9 Å². The summed E-state index contributed by atoms with van der Waals surface area (Å²) in [5.74, 6) is -2.51. The zero-order valence-corrected chi connectivity index (χ0v) is 16.5. The maximum Gasteiger partial charge on any atom is 0.328 e. The Hall–Kier alpha value is -2.92. The lowest BCUT2D eigenvalue weighted by Crippen LogP contribution is -2.41. The van der Waals surface area contributed by atoms with E-state index in [9.17, 15) is 9.59 Å². The first-order chi connectivity index (χ1) is 14.0. The Kier molecular flexibility index (Phi) is 6.83. The van der Waals surface area contributed by atoms with Crippen LogP contribution >= 0.6 is 0 Å². The summed E-state index contributed by atoms with van der Waals surface area (Å²) < 4.78 is 0. The summed E-state index contributed by atoms with van der Waals surface area (Å²) in [5.41, 5.74) is 5.20. The third-order valence-corrected chi connectivity index (χ3v) is 5.89. The van der Waals surface area contributed by atoms with Crippen molar-refractivity contribution in [1.82, 2.24) is 4.90 Å². The molecule has 1 aliphatic carbocycles. The highest BCUT2D eigenvalue weighted by molar-refractivity contribution is 5.89. The van der Waals surface area contributed by atoms with E-state index in [4.69, 9.17) is 10.2 Å². The van der Waals surface area contributed by atoms with Crippen molar-refractivity contribution in [2.45, 2.75) is 37.6 Å². The van der Waals surface area contributed by atoms with Crippen LogP contribution in [0.4, 0.5) is 0 Å². The summed E-state index contributed by atoms with van der Waals surface area (Å²) in [5, 5.41) is 15.6. The van der Waals surface area contributed by atoms with E-state index in [1.807, 2.05) is 0 Å². The molecule has 0 saturated carbocycles. The van der Waals surface area contributed by atoms with Gasteiger partial charge in [-0.1, -0.05) is 54.6 Å². The molecule has 2 aromatic carbocycles. The van der Waals surface area contributed by atoms with Crippen LogP contribution in [0.1, 0.15) is 36.0 Å². The smallest absolute Gasteiger partial charge is 0.328 e. The van der Waals surface area contributed by atoms with Gasteiger partial charge in [-0.25, -0.2) is 9.59 Å². The van der Waals surface area contributed by atoms with Crippen molar-refractivity contribution in [3.8, 4) is 0 Å². The van der Waals surface area contributed by atoms with Crippen molar-refractivity contribution in [2.75, 3.05) is 13.1 Å². The Morgan fingerprint density at radius 1 is 0.862 bits per heavy atom. The van der Waals surface area contributed by atoms with Crippen LogP contribution in [0.2, 0.25) is 0 Å². The quantitative estimate of drug-likeness (QED) is 0.771. The fourth-order valence-corrected chi connectivity index (χ4v) is 4.41.